The van der Waals surface area contributed by atoms with Crippen LogP contribution in [-0.2, 0) is 12.8 Å². The fraction of sp³-hybridized carbons (Fsp3) is 0.500. The first-order valence-electron chi connectivity index (χ1n) is 7.12. The fourth-order valence-corrected chi connectivity index (χ4v) is 2.30. The summed E-state index contributed by atoms with van der Waals surface area (Å²) < 4.78 is 5.30. The summed E-state index contributed by atoms with van der Waals surface area (Å²) in [5.41, 5.74) is 3.77. The van der Waals surface area contributed by atoms with Gasteiger partial charge in [0.1, 0.15) is 0 Å². The molecule has 0 aliphatic rings. The van der Waals surface area contributed by atoms with E-state index >= 15 is 0 Å². The zero-order valence-corrected chi connectivity index (χ0v) is 12.7. The second kappa shape index (κ2) is 6.66. The lowest BCUT2D eigenvalue weighted by Gasteiger charge is -2.06. The number of aromatic nitrogens is 2. The zero-order chi connectivity index (χ0) is 14.5. The normalized spacial score (nSPS) is 12.6. The fourth-order valence-electron chi connectivity index (χ4n) is 2.30. The summed E-state index contributed by atoms with van der Waals surface area (Å²) in [4.78, 5) is 4.47. The van der Waals surface area contributed by atoms with Crippen molar-refractivity contribution in [3.8, 4) is 0 Å². The van der Waals surface area contributed by atoms with Crippen molar-refractivity contribution in [2.45, 2.75) is 46.1 Å². The Hall–Kier alpha value is -1.68. The second-order valence-electron chi connectivity index (χ2n) is 5.51. The Labute approximate surface area is 120 Å². The highest BCUT2D eigenvalue weighted by Gasteiger charge is 2.09. The third kappa shape index (κ3) is 4.17. The molecule has 0 fully saturated rings. The Morgan fingerprint density at radius 1 is 1.20 bits per heavy atom. The highest BCUT2D eigenvalue weighted by molar-refractivity contribution is 5.30. The summed E-state index contributed by atoms with van der Waals surface area (Å²) in [6, 6.07) is 6.98. The summed E-state index contributed by atoms with van der Waals surface area (Å²) in [5, 5.41) is 7.27. The van der Waals surface area contributed by atoms with Crippen molar-refractivity contribution in [1.82, 2.24) is 15.5 Å². The molecule has 20 heavy (non-hydrogen) atoms. The van der Waals surface area contributed by atoms with Crippen LogP contribution in [0.4, 0.5) is 0 Å². The van der Waals surface area contributed by atoms with Gasteiger partial charge in [0.2, 0.25) is 5.89 Å². The summed E-state index contributed by atoms with van der Waals surface area (Å²) in [7, 11) is 1.96. The summed E-state index contributed by atoms with van der Waals surface area (Å²) >= 11 is 0. The first-order valence-corrected chi connectivity index (χ1v) is 7.12. The number of hydrogen-bond acceptors (Lipinski definition) is 4. The van der Waals surface area contributed by atoms with Gasteiger partial charge < -0.3 is 9.84 Å². The smallest absolute Gasteiger partial charge is 0.226 e. The van der Waals surface area contributed by atoms with E-state index in [-0.39, 0.29) is 0 Å². The van der Waals surface area contributed by atoms with E-state index in [0.717, 1.165) is 31.0 Å². The molecular formula is C16H23N3O. The standard InChI is InChI=1S/C16H23N3O/c1-11-7-12(2)9-14(8-11)10-15-18-16(20-19-15)6-5-13(3)17-4/h7-9,13,17H,5-6,10H2,1-4H3. The number of rotatable bonds is 6. The molecule has 0 spiro atoms. The molecule has 1 aromatic heterocycles. The molecule has 0 saturated heterocycles. The molecule has 0 amide bonds. The SMILES string of the molecule is CNC(C)CCc1nc(Cc2cc(C)cc(C)c2)no1. The van der Waals surface area contributed by atoms with Crippen molar-refractivity contribution < 1.29 is 4.52 Å². The van der Waals surface area contributed by atoms with E-state index in [0.29, 0.717) is 6.04 Å². The molecule has 2 rings (SSSR count). The number of nitrogens with one attached hydrogen (secondary N) is 1. The molecular weight excluding hydrogens is 250 g/mol. The van der Waals surface area contributed by atoms with Gasteiger partial charge in [0, 0.05) is 18.9 Å². The van der Waals surface area contributed by atoms with E-state index in [9.17, 15) is 0 Å². The topological polar surface area (TPSA) is 51.0 Å². The van der Waals surface area contributed by atoms with Crippen LogP contribution in [0.15, 0.2) is 22.7 Å². The van der Waals surface area contributed by atoms with E-state index in [1.807, 2.05) is 7.05 Å². The first kappa shape index (κ1) is 14.7. The maximum atomic E-state index is 5.30. The summed E-state index contributed by atoms with van der Waals surface area (Å²) in [6.45, 7) is 6.36. The third-order valence-electron chi connectivity index (χ3n) is 3.44. The molecule has 1 unspecified atom stereocenters. The van der Waals surface area contributed by atoms with Crippen LogP contribution >= 0.6 is 0 Å². The van der Waals surface area contributed by atoms with Gasteiger partial charge in [0.15, 0.2) is 5.82 Å². The summed E-state index contributed by atoms with van der Waals surface area (Å²) in [5.74, 6) is 1.49. The Balaban J connectivity index is 1.98. The molecule has 1 atom stereocenters. The largest absolute Gasteiger partial charge is 0.339 e. The lowest BCUT2D eigenvalue weighted by Crippen LogP contribution is -2.21. The van der Waals surface area contributed by atoms with Crippen molar-refractivity contribution in [2.75, 3.05) is 7.05 Å². The first-order chi connectivity index (χ1) is 9.56. The number of hydrogen-bond donors (Lipinski definition) is 1. The predicted molar refractivity (Wildman–Crippen MR) is 79.9 cm³/mol. The van der Waals surface area contributed by atoms with Gasteiger partial charge in [-0.25, -0.2) is 0 Å². The summed E-state index contributed by atoms with van der Waals surface area (Å²) in [6.07, 6.45) is 2.55. The van der Waals surface area contributed by atoms with Gasteiger partial charge in [-0.3, -0.25) is 0 Å². The molecule has 0 radical (unpaired) electrons. The second-order valence-corrected chi connectivity index (χ2v) is 5.51. The maximum absolute atomic E-state index is 5.30. The van der Waals surface area contributed by atoms with Crippen molar-refractivity contribution in [2.24, 2.45) is 0 Å². The minimum atomic E-state index is 0.463. The lowest BCUT2D eigenvalue weighted by atomic mass is 10.1. The van der Waals surface area contributed by atoms with Gasteiger partial charge in [-0.15, -0.1) is 0 Å². The van der Waals surface area contributed by atoms with Crippen molar-refractivity contribution in [1.29, 1.82) is 0 Å². The van der Waals surface area contributed by atoms with Crippen LogP contribution in [-0.4, -0.2) is 23.2 Å². The Kier molecular flexibility index (Phi) is 4.90. The van der Waals surface area contributed by atoms with Crippen LogP contribution in [0.2, 0.25) is 0 Å². The molecule has 1 N–H and O–H groups in total. The highest BCUT2D eigenvalue weighted by atomic mass is 16.5. The molecule has 0 aliphatic heterocycles. The molecule has 0 saturated carbocycles. The van der Waals surface area contributed by atoms with Crippen LogP contribution in [0.1, 0.15) is 41.8 Å². The van der Waals surface area contributed by atoms with Crippen LogP contribution < -0.4 is 5.32 Å². The molecule has 1 aromatic carbocycles. The molecule has 0 bridgehead atoms. The maximum Gasteiger partial charge on any atom is 0.226 e. The number of benzene rings is 1. The van der Waals surface area contributed by atoms with Gasteiger partial charge >= 0.3 is 0 Å². The molecule has 4 nitrogen and oxygen atoms in total. The lowest BCUT2D eigenvalue weighted by molar-refractivity contribution is 0.365. The van der Waals surface area contributed by atoms with Crippen LogP contribution in [0.25, 0.3) is 0 Å². The predicted octanol–water partition coefficient (Wildman–Crippen LogP) is 2.82. The van der Waals surface area contributed by atoms with Crippen LogP contribution in [0.3, 0.4) is 0 Å². The number of aryl methyl sites for hydroxylation is 3. The van der Waals surface area contributed by atoms with Gasteiger partial charge in [0.05, 0.1) is 0 Å². The van der Waals surface area contributed by atoms with Crippen molar-refractivity contribution in [3.63, 3.8) is 0 Å². The van der Waals surface area contributed by atoms with E-state index < -0.39 is 0 Å². The quantitative estimate of drug-likeness (QED) is 0.879. The minimum Gasteiger partial charge on any atom is -0.339 e. The van der Waals surface area contributed by atoms with Crippen LogP contribution in [0.5, 0.6) is 0 Å². The molecule has 1 heterocycles. The van der Waals surface area contributed by atoms with Gasteiger partial charge in [-0.1, -0.05) is 34.5 Å². The van der Waals surface area contributed by atoms with E-state index in [1.54, 1.807) is 0 Å². The third-order valence-corrected chi connectivity index (χ3v) is 3.44. The van der Waals surface area contributed by atoms with Gasteiger partial charge in [-0.2, -0.15) is 4.98 Å². The van der Waals surface area contributed by atoms with Gasteiger partial charge in [-0.05, 0) is 39.8 Å². The van der Waals surface area contributed by atoms with E-state index in [1.165, 1.54) is 16.7 Å². The average Bonchev–Trinajstić information content (AvgIpc) is 2.82. The Bertz CT molecular complexity index is 542. The minimum absolute atomic E-state index is 0.463. The number of nitrogens with zero attached hydrogens (tertiary/aromatic N) is 2. The van der Waals surface area contributed by atoms with Gasteiger partial charge in [0.25, 0.3) is 0 Å². The average molecular weight is 273 g/mol. The van der Waals surface area contributed by atoms with Crippen molar-refractivity contribution >= 4 is 0 Å². The van der Waals surface area contributed by atoms with E-state index in [2.05, 4.69) is 54.4 Å². The highest BCUT2D eigenvalue weighted by Crippen LogP contribution is 2.13. The van der Waals surface area contributed by atoms with Crippen molar-refractivity contribution in [3.05, 3.63) is 46.6 Å². The molecule has 4 heteroatoms. The molecule has 108 valence electrons. The Morgan fingerprint density at radius 3 is 2.55 bits per heavy atom. The Morgan fingerprint density at radius 2 is 1.90 bits per heavy atom. The van der Waals surface area contributed by atoms with Crippen LogP contribution in [0, 0.1) is 13.8 Å². The zero-order valence-electron chi connectivity index (χ0n) is 12.7. The molecule has 2 aromatic rings. The van der Waals surface area contributed by atoms with E-state index in [4.69, 9.17) is 4.52 Å². The monoisotopic (exact) mass is 273 g/mol. The molecule has 0 aliphatic carbocycles.